The van der Waals surface area contributed by atoms with E-state index in [9.17, 15) is 28.8 Å². The van der Waals surface area contributed by atoms with Gasteiger partial charge in [-0.1, -0.05) is 6.92 Å². The molecule has 11 heteroatoms. The molecule has 0 saturated carbocycles. The number of likely N-dealkylation sites (tertiary alicyclic amines) is 1. The Morgan fingerprint density at radius 1 is 1.00 bits per heavy atom. The molecule has 0 aromatic carbocycles. The minimum absolute atomic E-state index is 0.0358. The maximum absolute atomic E-state index is 12.4. The van der Waals surface area contributed by atoms with Crippen molar-refractivity contribution in [2.75, 3.05) is 19.7 Å². The lowest BCUT2D eigenvalue weighted by atomic mass is 9.90. The number of nitrogens with zero attached hydrogens (tertiary/aromatic N) is 2. The molecule has 0 bridgehead atoms. The first-order valence-electron chi connectivity index (χ1n) is 11.6. The van der Waals surface area contributed by atoms with Crippen molar-refractivity contribution >= 4 is 35.5 Å². The predicted molar refractivity (Wildman–Crippen MR) is 118 cm³/mol. The molecule has 0 aromatic rings. The summed E-state index contributed by atoms with van der Waals surface area (Å²) in [5.41, 5.74) is -1.57. The molecule has 5 amide bonds. The van der Waals surface area contributed by atoms with Crippen LogP contribution in [-0.4, -0.2) is 70.8 Å². The number of ether oxygens (including phenoxy) is 1. The van der Waals surface area contributed by atoms with Crippen molar-refractivity contribution in [2.45, 2.75) is 78.7 Å². The topological polar surface area (TPSA) is 139 Å². The van der Waals surface area contributed by atoms with Gasteiger partial charge in [0.05, 0.1) is 11.0 Å². The van der Waals surface area contributed by atoms with Crippen LogP contribution in [0, 0.1) is 11.3 Å². The number of hydroxylamine groups is 2. The lowest BCUT2D eigenvalue weighted by Crippen LogP contribution is -2.39. The van der Waals surface area contributed by atoms with Crippen molar-refractivity contribution in [3.8, 4) is 0 Å². The zero-order valence-electron chi connectivity index (χ0n) is 20.6. The smallest absolute Gasteiger partial charge is 0.338 e. The van der Waals surface area contributed by atoms with Gasteiger partial charge in [0.15, 0.2) is 0 Å². The number of hydrogen-bond acceptors (Lipinski definition) is 8. The highest BCUT2D eigenvalue weighted by Crippen LogP contribution is 2.26. The van der Waals surface area contributed by atoms with E-state index in [0.717, 1.165) is 4.90 Å². The molecular weight excluding hydrogens is 446 g/mol. The second-order valence-corrected chi connectivity index (χ2v) is 10.0. The van der Waals surface area contributed by atoms with E-state index in [-0.39, 0.29) is 62.5 Å². The van der Waals surface area contributed by atoms with E-state index in [1.54, 1.807) is 20.8 Å². The Morgan fingerprint density at radius 3 is 2.18 bits per heavy atom. The Kier molecular flexibility index (Phi) is 8.93. The van der Waals surface area contributed by atoms with Crippen LogP contribution >= 0.6 is 0 Å². The van der Waals surface area contributed by atoms with E-state index in [4.69, 9.17) is 9.57 Å². The van der Waals surface area contributed by atoms with Crippen LogP contribution in [0.5, 0.6) is 0 Å². The Balaban J connectivity index is 1.67. The van der Waals surface area contributed by atoms with Gasteiger partial charge >= 0.3 is 5.97 Å². The number of carbonyl (C=O) groups excluding carboxylic acids is 6. The molecule has 0 radical (unpaired) electrons. The van der Waals surface area contributed by atoms with E-state index >= 15 is 0 Å². The summed E-state index contributed by atoms with van der Waals surface area (Å²) in [6.45, 7) is 9.34. The van der Waals surface area contributed by atoms with Gasteiger partial charge in [0.1, 0.15) is 0 Å². The first-order chi connectivity index (χ1) is 15.7. The highest BCUT2D eigenvalue weighted by molar-refractivity contribution is 6.03. The van der Waals surface area contributed by atoms with Gasteiger partial charge in [-0.15, -0.1) is 5.06 Å². The highest BCUT2D eigenvalue weighted by atomic mass is 16.7. The normalized spacial score (nSPS) is 19.3. The van der Waals surface area contributed by atoms with Crippen molar-refractivity contribution in [1.82, 2.24) is 15.3 Å². The van der Waals surface area contributed by atoms with Crippen LogP contribution in [0.2, 0.25) is 0 Å². The Bertz CT molecular complexity index is 835. The third-order valence-corrected chi connectivity index (χ3v) is 6.03. The SMILES string of the molecule is CC1CC(=O)N(CCC(=O)NCCC(C)(C)OCCC(C)(C)C(=O)ON2C(=O)CCC2=O)C1=O. The molecular formula is C23H35N3O8. The molecule has 1 unspecified atom stereocenters. The third-order valence-electron chi connectivity index (χ3n) is 6.03. The maximum Gasteiger partial charge on any atom is 0.338 e. The van der Waals surface area contributed by atoms with Crippen molar-refractivity contribution < 1.29 is 38.3 Å². The average Bonchev–Trinajstić information content (AvgIpc) is 3.17. The van der Waals surface area contributed by atoms with Crippen LogP contribution in [0.3, 0.4) is 0 Å². The first-order valence-corrected chi connectivity index (χ1v) is 11.6. The lowest BCUT2D eigenvalue weighted by molar-refractivity contribution is -0.205. The molecule has 1 N–H and O–H groups in total. The summed E-state index contributed by atoms with van der Waals surface area (Å²) in [5.74, 6) is -2.81. The van der Waals surface area contributed by atoms with Gasteiger partial charge in [0.25, 0.3) is 11.8 Å². The van der Waals surface area contributed by atoms with E-state index in [0.29, 0.717) is 24.4 Å². The number of imide groups is 2. The molecule has 2 fully saturated rings. The fourth-order valence-corrected chi connectivity index (χ4v) is 3.51. The molecule has 1 atom stereocenters. The summed E-state index contributed by atoms with van der Waals surface area (Å²) in [5, 5.41) is 3.30. The molecule has 11 nitrogen and oxygen atoms in total. The Morgan fingerprint density at radius 2 is 1.62 bits per heavy atom. The largest absolute Gasteiger partial charge is 0.375 e. The van der Waals surface area contributed by atoms with Crippen molar-refractivity contribution in [3.05, 3.63) is 0 Å². The maximum atomic E-state index is 12.4. The van der Waals surface area contributed by atoms with Crippen molar-refractivity contribution in [3.63, 3.8) is 0 Å². The van der Waals surface area contributed by atoms with Crippen LogP contribution in [0.25, 0.3) is 0 Å². The highest BCUT2D eigenvalue weighted by Gasteiger charge is 2.38. The second-order valence-electron chi connectivity index (χ2n) is 10.0. The molecule has 2 heterocycles. The molecule has 2 aliphatic heterocycles. The van der Waals surface area contributed by atoms with Gasteiger partial charge in [-0.25, -0.2) is 4.79 Å². The summed E-state index contributed by atoms with van der Waals surface area (Å²) < 4.78 is 5.89. The second kappa shape index (κ2) is 11.1. The zero-order valence-corrected chi connectivity index (χ0v) is 20.6. The monoisotopic (exact) mass is 481 g/mol. The first kappa shape index (κ1) is 27.4. The Hall–Kier alpha value is -2.82. The molecule has 0 spiro atoms. The minimum atomic E-state index is -0.977. The van der Waals surface area contributed by atoms with Gasteiger partial charge in [0.2, 0.25) is 17.7 Å². The third kappa shape index (κ3) is 7.34. The van der Waals surface area contributed by atoms with Crippen LogP contribution in [0.15, 0.2) is 0 Å². The molecule has 0 aliphatic carbocycles. The summed E-state index contributed by atoms with van der Waals surface area (Å²) in [6, 6.07) is 0. The molecule has 0 aromatic heterocycles. The average molecular weight is 482 g/mol. The molecule has 2 rings (SSSR count). The van der Waals surface area contributed by atoms with Crippen LogP contribution in [0.1, 0.15) is 73.1 Å². The van der Waals surface area contributed by atoms with Crippen molar-refractivity contribution in [2.24, 2.45) is 11.3 Å². The van der Waals surface area contributed by atoms with Gasteiger partial charge in [-0.2, -0.15) is 0 Å². The van der Waals surface area contributed by atoms with Gasteiger partial charge in [-0.05, 0) is 40.5 Å². The molecule has 2 saturated heterocycles. The number of amides is 5. The number of rotatable bonds is 12. The molecule has 190 valence electrons. The van der Waals surface area contributed by atoms with E-state index < -0.39 is 28.8 Å². The van der Waals surface area contributed by atoms with E-state index in [1.165, 1.54) is 0 Å². The van der Waals surface area contributed by atoms with Crippen LogP contribution in [-0.2, 0) is 38.3 Å². The molecule has 2 aliphatic rings. The quantitative estimate of drug-likeness (QED) is 0.409. The lowest BCUT2D eigenvalue weighted by Gasteiger charge is -2.29. The van der Waals surface area contributed by atoms with Crippen molar-refractivity contribution in [1.29, 1.82) is 0 Å². The van der Waals surface area contributed by atoms with Gasteiger partial charge in [0, 0.05) is 51.3 Å². The molecule has 34 heavy (non-hydrogen) atoms. The van der Waals surface area contributed by atoms with Gasteiger partial charge in [-0.3, -0.25) is 28.9 Å². The predicted octanol–water partition coefficient (Wildman–Crippen LogP) is 1.10. The summed E-state index contributed by atoms with van der Waals surface area (Å²) >= 11 is 0. The fraction of sp³-hybridized carbons (Fsp3) is 0.739. The Labute approximate surface area is 199 Å². The summed E-state index contributed by atoms with van der Waals surface area (Å²) in [6.07, 6.45) is 1.11. The van der Waals surface area contributed by atoms with E-state index in [1.807, 2.05) is 13.8 Å². The minimum Gasteiger partial charge on any atom is -0.375 e. The number of nitrogens with one attached hydrogen (secondary N) is 1. The zero-order chi connectivity index (χ0) is 25.7. The fourth-order valence-electron chi connectivity index (χ4n) is 3.51. The number of hydrogen-bond donors (Lipinski definition) is 1. The summed E-state index contributed by atoms with van der Waals surface area (Å²) in [4.78, 5) is 77.6. The van der Waals surface area contributed by atoms with Crippen LogP contribution in [0.4, 0.5) is 0 Å². The van der Waals surface area contributed by atoms with E-state index in [2.05, 4.69) is 5.32 Å². The number of carbonyl (C=O) groups is 6. The van der Waals surface area contributed by atoms with Crippen LogP contribution < -0.4 is 5.32 Å². The summed E-state index contributed by atoms with van der Waals surface area (Å²) in [7, 11) is 0. The standard InChI is InChI=1S/C23H35N3O8/c1-15-14-19(30)25(20(15)31)12-8-16(27)24-11-9-23(4,5)33-13-10-22(2,3)21(32)34-26-17(28)6-7-18(26)29/h15H,6-14H2,1-5H3,(H,24,27). The van der Waals surface area contributed by atoms with Gasteiger partial charge < -0.3 is 14.9 Å².